The molecule has 0 aliphatic carbocycles. The van der Waals surface area contributed by atoms with Crippen LogP contribution in [0.4, 0.5) is 34.6 Å². The van der Waals surface area contributed by atoms with Crippen molar-refractivity contribution in [2.45, 2.75) is 13.8 Å². The molecule has 0 spiro atoms. The average Bonchev–Trinajstić information content (AvgIpc) is 3.06. The monoisotopic (exact) mass is 618 g/mol. The van der Waals surface area contributed by atoms with Crippen molar-refractivity contribution in [1.29, 1.82) is 0 Å². The van der Waals surface area contributed by atoms with Crippen LogP contribution in [-0.4, -0.2) is 25.7 Å². The van der Waals surface area contributed by atoms with Gasteiger partial charge >= 0.3 is 0 Å². The number of Topliss-reactive ketones (excluding diaryl/α,β-unsaturated/α-hetero) is 1. The summed E-state index contributed by atoms with van der Waals surface area (Å²) in [7, 11) is 0. The second kappa shape index (κ2) is 14.4. The van der Waals surface area contributed by atoms with Crippen LogP contribution in [0.1, 0.15) is 22.8 Å². The van der Waals surface area contributed by atoms with Gasteiger partial charge in [0.2, 0.25) is 11.9 Å². The number of benzene rings is 4. The second-order valence-corrected chi connectivity index (χ2v) is 10.4. The Hall–Kier alpha value is -5.11. The summed E-state index contributed by atoms with van der Waals surface area (Å²) in [4.78, 5) is 32.7. The van der Waals surface area contributed by atoms with Crippen molar-refractivity contribution in [3.05, 3.63) is 155 Å². The minimum atomic E-state index is -0.0689. The van der Waals surface area contributed by atoms with Gasteiger partial charge in [-0.1, -0.05) is 83.9 Å². The van der Waals surface area contributed by atoms with Crippen LogP contribution in [0.2, 0.25) is 10.0 Å². The van der Waals surface area contributed by atoms with Crippen molar-refractivity contribution in [3.8, 4) is 0 Å². The molecule has 0 N–H and O–H groups in total. The molecule has 2 aromatic heterocycles. The quantitative estimate of drug-likeness (QED) is 0.165. The number of rotatable bonds is 7. The summed E-state index contributed by atoms with van der Waals surface area (Å²) in [6.07, 6.45) is 6.65. The van der Waals surface area contributed by atoms with E-state index in [9.17, 15) is 4.79 Å². The number of ketones is 1. The lowest BCUT2D eigenvalue weighted by atomic mass is 10.2. The van der Waals surface area contributed by atoms with E-state index < -0.39 is 0 Å². The molecule has 0 saturated heterocycles. The predicted molar refractivity (Wildman–Crippen MR) is 178 cm³/mol. The Labute approximate surface area is 266 Å². The SMILES string of the molecule is CC(=O)c1cnc(N(c2ccccc2)c2ccccc2Cl)nc1.Cc1cnc(N(c2ccccc2)c2ccccc2Cl)nc1. The number of aryl methyl sites for hydroxylation is 1. The predicted octanol–water partition coefficient (Wildman–Crippen LogP) is 9.71. The van der Waals surface area contributed by atoms with Gasteiger partial charge in [-0.2, -0.15) is 0 Å². The highest BCUT2D eigenvalue weighted by Crippen LogP contribution is 2.37. The van der Waals surface area contributed by atoms with Crippen molar-refractivity contribution in [3.63, 3.8) is 0 Å². The summed E-state index contributed by atoms with van der Waals surface area (Å²) in [5.41, 5.74) is 4.97. The Morgan fingerprint density at radius 2 is 0.909 bits per heavy atom. The Morgan fingerprint density at radius 3 is 1.30 bits per heavy atom. The minimum Gasteiger partial charge on any atom is -0.294 e. The molecule has 44 heavy (non-hydrogen) atoms. The van der Waals surface area contributed by atoms with Crippen molar-refractivity contribution in [2.75, 3.05) is 9.80 Å². The highest BCUT2D eigenvalue weighted by atomic mass is 35.5. The number of nitrogens with zero attached hydrogens (tertiary/aromatic N) is 6. The fraction of sp³-hybridized carbons (Fsp3) is 0.0571. The van der Waals surface area contributed by atoms with Gasteiger partial charge in [-0.05, 0) is 67.9 Å². The van der Waals surface area contributed by atoms with Crippen LogP contribution >= 0.6 is 23.2 Å². The first-order valence-electron chi connectivity index (χ1n) is 13.7. The van der Waals surface area contributed by atoms with Crippen molar-refractivity contribution in [1.82, 2.24) is 19.9 Å². The highest BCUT2D eigenvalue weighted by molar-refractivity contribution is 6.34. The smallest absolute Gasteiger partial charge is 0.234 e. The van der Waals surface area contributed by atoms with Crippen LogP contribution in [0.25, 0.3) is 0 Å². The third-order valence-corrected chi connectivity index (χ3v) is 7.07. The van der Waals surface area contributed by atoms with Crippen LogP contribution in [0, 0.1) is 6.92 Å². The molecule has 2 heterocycles. The van der Waals surface area contributed by atoms with E-state index >= 15 is 0 Å². The van der Waals surface area contributed by atoms with Crippen LogP contribution in [-0.2, 0) is 0 Å². The molecule has 4 aromatic carbocycles. The van der Waals surface area contributed by atoms with Crippen LogP contribution in [0.15, 0.2) is 134 Å². The molecular formula is C35H28Cl2N6O. The first kappa shape index (κ1) is 30.4. The zero-order valence-electron chi connectivity index (χ0n) is 24.0. The standard InChI is InChI=1S/C18H14ClN3O.C17H14ClN3/c1-13(23)14-11-20-18(21-12-14)22(15-7-3-2-4-8-15)17-10-6-5-9-16(17)19;1-13-11-19-17(20-12-13)21(14-7-3-2-4-8-14)16-10-6-5-9-15(16)18/h2-12H,1H3;2-12H,1H3. The van der Waals surface area contributed by atoms with Crippen molar-refractivity contribution < 1.29 is 4.79 Å². The Balaban J connectivity index is 0.000000175. The number of anilines is 6. The number of hydrogen-bond acceptors (Lipinski definition) is 7. The van der Waals surface area contributed by atoms with E-state index in [0.29, 0.717) is 27.5 Å². The van der Waals surface area contributed by atoms with E-state index in [-0.39, 0.29) is 5.78 Å². The fourth-order valence-corrected chi connectivity index (χ4v) is 4.71. The van der Waals surface area contributed by atoms with Gasteiger partial charge in [-0.3, -0.25) is 14.6 Å². The molecule has 9 heteroatoms. The molecular weight excluding hydrogens is 591 g/mol. The first-order chi connectivity index (χ1) is 21.4. The van der Waals surface area contributed by atoms with Crippen molar-refractivity contribution >= 4 is 63.6 Å². The molecule has 218 valence electrons. The van der Waals surface area contributed by atoms with Gasteiger partial charge in [0.1, 0.15) is 0 Å². The van der Waals surface area contributed by atoms with E-state index in [1.54, 1.807) is 12.4 Å². The summed E-state index contributed by atoms with van der Waals surface area (Å²) in [6.45, 7) is 3.45. The molecule has 6 aromatic rings. The molecule has 6 rings (SSSR count). The molecule has 0 aliphatic rings. The van der Waals surface area contributed by atoms with Gasteiger partial charge in [0.25, 0.3) is 0 Å². The van der Waals surface area contributed by atoms with Gasteiger partial charge in [0.15, 0.2) is 5.78 Å². The van der Waals surface area contributed by atoms with E-state index in [1.165, 1.54) is 19.3 Å². The third-order valence-electron chi connectivity index (χ3n) is 6.43. The molecule has 0 unspecified atom stereocenters. The van der Waals surface area contributed by atoms with E-state index in [1.807, 2.05) is 126 Å². The van der Waals surface area contributed by atoms with E-state index in [2.05, 4.69) is 19.9 Å². The maximum Gasteiger partial charge on any atom is 0.234 e. The van der Waals surface area contributed by atoms with Gasteiger partial charge in [-0.15, -0.1) is 0 Å². The minimum absolute atomic E-state index is 0.0689. The summed E-state index contributed by atoms with van der Waals surface area (Å²) < 4.78 is 0. The molecule has 0 saturated carbocycles. The van der Waals surface area contributed by atoms with E-state index in [0.717, 1.165) is 28.3 Å². The third kappa shape index (κ3) is 7.26. The number of para-hydroxylation sites is 4. The Bertz CT molecular complexity index is 1820. The normalized spacial score (nSPS) is 10.4. The maximum absolute atomic E-state index is 11.4. The number of halogens is 2. The summed E-state index contributed by atoms with van der Waals surface area (Å²) in [6, 6.07) is 34.8. The molecule has 0 fully saturated rings. The zero-order valence-corrected chi connectivity index (χ0v) is 25.6. The molecule has 0 amide bonds. The van der Waals surface area contributed by atoms with Gasteiger partial charge in [0.05, 0.1) is 27.0 Å². The summed E-state index contributed by atoms with van der Waals surface area (Å²) in [5, 5.41) is 1.25. The number of aromatic nitrogens is 4. The lowest BCUT2D eigenvalue weighted by Crippen LogP contribution is -2.14. The van der Waals surface area contributed by atoms with Gasteiger partial charge < -0.3 is 0 Å². The lowest BCUT2D eigenvalue weighted by Gasteiger charge is -2.23. The number of carbonyl (C=O) groups is 1. The van der Waals surface area contributed by atoms with E-state index in [4.69, 9.17) is 23.2 Å². The van der Waals surface area contributed by atoms with Crippen LogP contribution in [0.5, 0.6) is 0 Å². The Morgan fingerprint density at radius 1 is 0.545 bits per heavy atom. The second-order valence-electron chi connectivity index (χ2n) is 9.63. The summed E-state index contributed by atoms with van der Waals surface area (Å²) in [5.74, 6) is 0.981. The molecule has 0 radical (unpaired) electrons. The van der Waals surface area contributed by atoms with Gasteiger partial charge in [0, 0.05) is 36.2 Å². The molecule has 0 atom stereocenters. The zero-order chi connectivity index (χ0) is 30.9. The van der Waals surface area contributed by atoms with Crippen LogP contribution < -0.4 is 9.80 Å². The first-order valence-corrected chi connectivity index (χ1v) is 14.5. The molecule has 0 aliphatic heterocycles. The topological polar surface area (TPSA) is 75.1 Å². The lowest BCUT2D eigenvalue weighted by molar-refractivity contribution is 0.101. The average molecular weight is 620 g/mol. The number of hydrogen-bond donors (Lipinski definition) is 0. The largest absolute Gasteiger partial charge is 0.294 e. The summed E-state index contributed by atoms with van der Waals surface area (Å²) >= 11 is 12.7. The molecule has 7 nitrogen and oxygen atoms in total. The fourth-order valence-electron chi connectivity index (χ4n) is 4.26. The van der Waals surface area contributed by atoms with Crippen LogP contribution in [0.3, 0.4) is 0 Å². The highest BCUT2D eigenvalue weighted by Gasteiger charge is 2.18. The number of carbonyl (C=O) groups excluding carboxylic acids is 1. The molecule has 0 bridgehead atoms. The van der Waals surface area contributed by atoms with Gasteiger partial charge in [-0.25, -0.2) is 19.9 Å². The van der Waals surface area contributed by atoms with Crippen molar-refractivity contribution in [2.24, 2.45) is 0 Å². The Kier molecular flexibility index (Phi) is 9.92. The maximum atomic E-state index is 11.4.